The van der Waals surface area contributed by atoms with Gasteiger partial charge in [-0.15, -0.1) is 0 Å². The Morgan fingerprint density at radius 2 is 1.85 bits per heavy atom. The van der Waals surface area contributed by atoms with Gasteiger partial charge in [-0.25, -0.2) is 13.2 Å². The highest BCUT2D eigenvalue weighted by Crippen LogP contribution is 2.34. The van der Waals surface area contributed by atoms with Crippen molar-refractivity contribution in [2.75, 3.05) is 41.6 Å². The van der Waals surface area contributed by atoms with Gasteiger partial charge in [0.25, 0.3) is 0 Å². The van der Waals surface area contributed by atoms with Gasteiger partial charge in [0, 0.05) is 31.9 Å². The van der Waals surface area contributed by atoms with E-state index in [0.29, 0.717) is 25.4 Å². The monoisotopic (exact) mass is 377 g/mol. The number of hydrogen-bond donors (Lipinski definition) is 0. The summed E-state index contributed by atoms with van der Waals surface area (Å²) < 4.78 is 25.2. The molecule has 2 heterocycles. The lowest BCUT2D eigenvalue weighted by Crippen LogP contribution is -2.35. The second-order valence-corrected chi connectivity index (χ2v) is 9.69. The van der Waals surface area contributed by atoms with Crippen molar-refractivity contribution in [3.63, 3.8) is 0 Å². The summed E-state index contributed by atoms with van der Waals surface area (Å²) in [7, 11) is -3.24. The lowest BCUT2D eigenvalue weighted by atomic mass is 9.89. The van der Waals surface area contributed by atoms with Gasteiger partial charge in [0.05, 0.1) is 11.9 Å². The predicted molar refractivity (Wildman–Crippen MR) is 103 cm³/mol. The van der Waals surface area contributed by atoms with Crippen molar-refractivity contribution in [1.29, 1.82) is 0 Å². The van der Waals surface area contributed by atoms with Crippen LogP contribution in [0.2, 0.25) is 0 Å². The number of nitrogens with zero attached hydrogens (tertiary/aromatic N) is 3. The van der Waals surface area contributed by atoms with Crippen molar-refractivity contribution >= 4 is 27.4 Å². The van der Waals surface area contributed by atoms with E-state index in [0.717, 1.165) is 30.0 Å². The van der Waals surface area contributed by atoms with E-state index in [1.165, 1.54) is 42.7 Å². The summed E-state index contributed by atoms with van der Waals surface area (Å²) in [6, 6.07) is 5.80. The van der Waals surface area contributed by atoms with Gasteiger partial charge in [0.1, 0.15) is 0 Å². The molecule has 0 radical (unpaired) electrons. The average molecular weight is 378 g/mol. The van der Waals surface area contributed by atoms with Gasteiger partial charge in [0.15, 0.2) is 0 Å². The number of urea groups is 1. The smallest absolute Gasteiger partial charge is 0.322 e. The molecule has 6 nitrogen and oxygen atoms in total. The minimum atomic E-state index is -3.24. The summed E-state index contributed by atoms with van der Waals surface area (Å²) in [6.07, 6.45) is 8.33. The number of carbonyl (C=O) groups is 1. The number of carbonyl (C=O) groups excluding carboxylic acids is 1. The molecule has 3 aliphatic rings. The number of amides is 2. The first-order valence-electron chi connectivity index (χ1n) is 9.60. The van der Waals surface area contributed by atoms with E-state index in [-0.39, 0.29) is 6.03 Å². The Kier molecular flexibility index (Phi) is 4.59. The molecule has 142 valence electrons. The highest BCUT2D eigenvalue weighted by Gasteiger charge is 2.33. The summed E-state index contributed by atoms with van der Waals surface area (Å²) >= 11 is 0. The lowest BCUT2D eigenvalue weighted by molar-refractivity contribution is 0.202. The van der Waals surface area contributed by atoms with E-state index in [2.05, 4.69) is 0 Å². The van der Waals surface area contributed by atoms with Gasteiger partial charge in [-0.1, -0.05) is 19.3 Å². The normalized spacial score (nSPS) is 21.6. The molecule has 26 heavy (non-hydrogen) atoms. The van der Waals surface area contributed by atoms with Gasteiger partial charge in [-0.3, -0.25) is 9.21 Å². The number of sulfonamides is 1. The average Bonchev–Trinajstić information content (AvgIpc) is 3.19. The van der Waals surface area contributed by atoms with Crippen LogP contribution < -0.4 is 9.21 Å². The Balaban J connectivity index is 1.48. The fourth-order valence-corrected chi connectivity index (χ4v) is 5.50. The van der Waals surface area contributed by atoms with Crippen LogP contribution in [0.3, 0.4) is 0 Å². The Morgan fingerprint density at radius 3 is 2.58 bits per heavy atom. The van der Waals surface area contributed by atoms with E-state index in [1.807, 2.05) is 28.0 Å². The van der Waals surface area contributed by atoms with Crippen molar-refractivity contribution < 1.29 is 13.2 Å². The van der Waals surface area contributed by atoms with Crippen molar-refractivity contribution in [2.45, 2.75) is 38.5 Å². The van der Waals surface area contributed by atoms with E-state index in [1.54, 1.807) is 0 Å². The second kappa shape index (κ2) is 6.76. The Bertz CT molecular complexity index is 802. The highest BCUT2D eigenvalue weighted by molar-refractivity contribution is 7.92. The molecule has 0 bridgehead atoms. The zero-order valence-electron chi connectivity index (χ0n) is 15.4. The molecular formula is C19H27N3O3S. The number of fused-ring (bicyclic) bond motifs is 1. The topological polar surface area (TPSA) is 60.9 Å². The first-order valence-corrected chi connectivity index (χ1v) is 11.5. The zero-order valence-corrected chi connectivity index (χ0v) is 16.2. The molecule has 0 atom stereocenters. The quantitative estimate of drug-likeness (QED) is 0.811. The molecule has 1 aromatic rings. The maximum absolute atomic E-state index is 12.8. The minimum absolute atomic E-state index is 0.0912. The molecular weight excluding hydrogens is 350 g/mol. The van der Waals surface area contributed by atoms with Crippen LogP contribution >= 0.6 is 0 Å². The third-order valence-corrected chi connectivity index (χ3v) is 7.11. The molecule has 1 aliphatic carbocycles. The van der Waals surface area contributed by atoms with E-state index in [4.69, 9.17) is 0 Å². The third kappa shape index (κ3) is 3.29. The first kappa shape index (κ1) is 17.6. The third-order valence-electron chi connectivity index (χ3n) is 5.93. The summed E-state index contributed by atoms with van der Waals surface area (Å²) in [5.41, 5.74) is 2.64. The molecule has 1 aromatic carbocycles. The number of hydrogen-bond acceptors (Lipinski definition) is 3. The zero-order chi connectivity index (χ0) is 18.3. The Labute approximate surface area is 155 Å². The first-order chi connectivity index (χ1) is 12.4. The van der Waals surface area contributed by atoms with Crippen LogP contribution in [0.1, 0.15) is 37.7 Å². The number of benzene rings is 1. The fraction of sp³-hybridized carbons (Fsp3) is 0.632. The summed E-state index contributed by atoms with van der Waals surface area (Å²) in [5.74, 6) is 0.649. The maximum Gasteiger partial charge on any atom is 0.324 e. The van der Waals surface area contributed by atoms with Crippen LogP contribution in [-0.2, 0) is 16.4 Å². The molecule has 1 saturated carbocycles. The van der Waals surface area contributed by atoms with Gasteiger partial charge in [0.2, 0.25) is 10.0 Å². The van der Waals surface area contributed by atoms with Crippen LogP contribution in [0.5, 0.6) is 0 Å². The van der Waals surface area contributed by atoms with Crippen LogP contribution in [-0.4, -0.2) is 51.8 Å². The molecule has 2 aliphatic heterocycles. The summed E-state index contributed by atoms with van der Waals surface area (Å²) in [4.78, 5) is 16.7. The van der Waals surface area contributed by atoms with Crippen molar-refractivity contribution in [1.82, 2.24) is 4.90 Å². The maximum atomic E-state index is 12.8. The largest absolute Gasteiger partial charge is 0.324 e. The van der Waals surface area contributed by atoms with Crippen molar-refractivity contribution in [3.8, 4) is 0 Å². The van der Waals surface area contributed by atoms with E-state index >= 15 is 0 Å². The van der Waals surface area contributed by atoms with Gasteiger partial charge < -0.3 is 4.90 Å². The Hall–Kier alpha value is -1.76. The Morgan fingerprint density at radius 1 is 1.08 bits per heavy atom. The molecule has 7 heteroatoms. The van der Waals surface area contributed by atoms with Crippen LogP contribution in [0.15, 0.2) is 18.2 Å². The van der Waals surface area contributed by atoms with Gasteiger partial charge >= 0.3 is 6.03 Å². The summed E-state index contributed by atoms with van der Waals surface area (Å²) in [5, 5.41) is 0. The van der Waals surface area contributed by atoms with Crippen LogP contribution in [0, 0.1) is 5.92 Å². The van der Waals surface area contributed by atoms with E-state index < -0.39 is 10.0 Å². The molecule has 0 unspecified atom stereocenters. The molecule has 0 N–H and O–H groups in total. The van der Waals surface area contributed by atoms with E-state index in [9.17, 15) is 13.2 Å². The van der Waals surface area contributed by atoms with Crippen molar-refractivity contribution in [2.24, 2.45) is 5.92 Å². The number of rotatable bonds is 4. The molecule has 1 saturated heterocycles. The van der Waals surface area contributed by atoms with Gasteiger partial charge in [-0.2, -0.15) is 0 Å². The van der Waals surface area contributed by atoms with Crippen LogP contribution in [0.25, 0.3) is 0 Å². The second-order valence-electron chi connectivity index (χ2n) is 7.78. The SMILES string of the molecule is CS(=O)(=O)N1CCc2cc(N3CCN(CC4CCCCC4)C3=O)ccc21. The predicted octanol–water partition coefficient (Wildman–Crippen LogP) is 2.83. The standard InChI is InChI=1S/C19H27N3O3S/c1-26(24,25)22-10-9-16-13-17(7-8-18(16)22)21-12-11-20(19(21)23)14-15-5-3-2-4-6-15/h7-8,13,15H,2-6,9-12,14H2,1H3. The molecule has 2 amide bonds. The van der Waals surface area contributed by atoms with Gasteiger partial charge in [-0.05, 0) is 48.9 Å². The molecule has 0 aromatic heterocycles. The highest BCUT2D eigenvalue weighted by atomic mass is 32.2. The molecule has 0 spiro atoms. The van der Waals surface area contributed by atoms with Crippen molar-refractivity contribution in [3.05, 3.63) is 23.8 Å². The molecule has 2 fully saturated rings. The summed E-state index contributed by atoms with van der Waals surface area (Å²) in [6.45, 7) is 2.85. The minimum Gasteiger partial charge on any atom is -0.322 e. The fourth-order valence-electron chi connectivity index (χ4n) is 4.54. The lowest BCUT2D eigenvalue weighted by Gasteiger charge is -2.27. The number of anilines is 2. The van der Waals surface area contributed by atoms with Crippen LogP contribution in [0.4, 0.5) is 16.2 Å². The molecule has 4 rings (SSSR count).